The molecule has 1 N–H and O–H groups in total. The van der Waals surface area contributed by atoms with Crippen LogP contribution in [-0.2, 0) is 0 Å². The normalized spacial score (nSPS) is 10.8. The number of rotatable bonds is 6. The van der Waals surface area contributed by atoms with Gasteiger partial charge in [-0.2, -0.15) is 4.68 Å². The van der Waals surface area contributed by atoms with Crippen molar-refractivity contribution in [2.75, 3.05) is 11.9 Å². The van der Waals surface area contributed by atoms with Crippen LogP contribution in [0.5, 0.6) is 5.75 Å². The number of nitro groups is 1. The van der Waals surface area contributed by atoms with E-state index in [0.717, 1.165) is 0 Å². The monoisotopic (exact) mass is 377 g/mol. The van der Waals surface area contributed by atoms with Gasteiger partial charge in [-0.15, -0.1) is 5.10 Å². The third kappa shape index (κ3) is 3.07. The van der Waals surface area contributed by atoms with Crippen molar-refractivity contribution in [2.24, 2.45) is 0 Å². The molecule has 0 amide bonds. The zero-order chi connectivity index (χ0) is 19.5. The molecule has 4 rings (SSSR count). The second kappa shape index (κ2) is 7.27. The van der Waals surface area contributed by atoms with Crippen LogP contribution in [0, 0.1) is 10.1 Å². The highest BCUT2D eigenvalue weighted by Crippen LogP contribution is 2.34. The van der Waals surface area contributed by atoms with Gasteiger partial charge in [0, 0.05) is 0 Å². The predicted molar refractivity (Wildman–Crippen MR) is 102 cm³/mol. The molecule has 0 aliphatic carbocycles. The van der Waals surface area contributed by atoms with E-state index in [9.17, 15) is 10.1 Å². The molecule has 0 aliphatic heterocycles. The lowest BCUT2D eigenvalue weighted by Gasteiger charge is -2.12. The molecule has 2 aromatic carbocycles. The molecular weight excluding hydrogens is 362 g/mol. The Balaban J connectivity index is 1.84. The summed E-state index contributed by atoms with van der Waals surface area (Å²) in [6.07, 6.45) is 1.24. The molecule has 10 nitrogen and oxygen atoms in total. The number of para-hydroxylation sites is 3. The Hall–Kier alpha value is -4.08. The molecule has 0 spiro atoms. The number of ether oxygens (including phenoxy) is 1. The number of hydrogen-bond donors (Lipinski definition) is 1. The fourth-order valence-electron chi connectivity index (χ4n) is 2.79. The Labute approximate surface area is 159 Å². The number of hydrogen-bond acceptors (Lipinski definition) is 8. The lowest BCUT2D eigenvalue weighted by atomic mass is 10.3. The Morgan fingerprint density at radius 2 is 1.93 bits per heavy atom. The fraction of sp³-hybridized carbons (Fsp3) is 0.111. The first kappa shape index (κ1) is 17.3. The number of nitrogens with zero attached hydrogens (tertiary/aromatic N) is 6. The van der Waals surface area contributed by atoms with Crippen LogP contribution in [0.1, 0.15) is 6.92 Å². The predicted octanol–water partition coefficient (Wildman–Crippen LogP) is 3.26. The first-order valence-electron chi connectivity index (χ1n) is 8.48. The molecule has 0 aliphatic rings. The summed E-state index contributed by atoms with van der Waals surface area (Å²) in [5.41, 5.74) is 1.45. The highest BCUT2D eigenvalue weighted by molar-refractivity contribution is 5.79. The van der Waals surface area contributed by atoms with Crippen molar-refractivity contribution < 1.29 is 9.66 Å². The van der Waals surface area contributed by atoms with Gasteiger partial charge in [-0.25, -0.2) is 9.97 Å². The van der Waals surface area contributed by atoms with E-state index in [2.05, 4.69) is 25.6 Å². The minimum atomic E-state index is -0.544. The first-order chi connectivity index (χ1) is 13.7. The van der Waals surface area contributed by atoms with Gasteiger partial charge >= 0.3 is 5.69 Å². The number of nitrogens with one attached hydrogen (secondary N) is 1. The van der Waals surface area contributed by atoms with Gasteiger partial charge < -0.3 is 10.1 Å². The van der Waals surface area contributed by atoms with E-state index in [-0.39, 0.29) is 17.3 Å². The summed E-state index contributed by atoms with van der Waals surface area (Å²) in [5, 5.41) is 22.9. The van der Waals surface area contributed by atoms with Crippen LogP contribution in [0.25, 0.3) is 16.9 Å². The fourth-order valence-corrected chi connectivity index (χ4v) is 2.79. The van der Waals surface area contributed by atoms with Gasteiger partial charge in [0.05, 0.1) is 22.7 Å². The van der Waals surface area contributed by atoms with Gasteiger partial charge in [0.15, 0.2) is 0 Å². The van der Waals surface area contributed by atoms with E-state index < -0.39 is 4.92 Å². The molecular formula is C18H15N7O3. The van der Waals surface area contributed by atoms with Crippen molar-refractivity contribution >= 4 is 28.2 Å². The minimum Gasteiger partial charge on any atom is -0.492 e. The molecule has 140 valence electrons. The van der Waals surface area contributed by atoms with Crippen LogP contribution in [0.2, 0.25) is 0 Å². The molecule has 0 fully saturated rings. The number of anilines is 2. The van der Waals surface area contributed by atoms with Gasteiger partial charge in [0.25, 0.3) is 0 Å². The first-order valence-corrected chi connectivity index (χ1v) is 8.48. The molecule has 4 aromatic rings. The van der Waals surface area contributed by atoms with Crippen LogP contribution in [0.3, 0.4) is 0 Å². The molecule has 2 aromatic heterocycles. The van der Waals surface area contributed by atoms with Crippen molar-refractivity contribution in [1.82, 2.24) is 25.0 Å². The Morgan fingerprint density at radius 1 is 1.14 bits per heavy atom. The number of benzene rings is 2. The van der Waals surface area contributed by atoms with E-state index >= 15 is 0 Å². The minimum absolute atomic E-state index is 0.0186. The third-order valence-electron chi connectivity index (χ3n) is 3.98. The van der Waals surface area contributed by atoms with E-state index in [1.54, 1.807) is 36.4 Å². The van der Waals surface area contributed by atoms with Crippen molar-refractivity contribution in [2.45, 2.75) is 6.92 Å². The van der Waals surface area contributed by atoms with Crippen molar-refractivity contribution in [3.8, 4) is 11.6 Å². The molecule has 0 atom stereocenters. The quantitative estimate of drug-likeness (QED) is 0.401. The molecule has 28 heavy (non-hydrogen) atoms. The van der Waals surface area contributed by atoms with E-state index in [1.165, 1.54) is 11.0 Å². The van der Waals surface area contributed by atoms with Gasteiger partial charge in [-0.05, 0) is 31.2 Å². The number of fused-ring (bicyclic) bond motifs is 1. The molecule has 0 saturated heterocycles. The Bertz CT molecular complexity index is 1160. The van der Waals surface area contributed by atoms with Crippen LogP contribution in [0.15, 0.2) is 54.9 Å². The topological polar surface area (TPSA) is 121 Å². The summed E-state index contributed by atoms with van der Waals surface area (Å²) in [7, 11) is 0. The van der Waals surface area contributed by atoms with Crippen LogP contribution in [-0.4, -0.2) is 36.5 Å². The standard InChI is InChI=1S/C18H15N7O3/c1-2-28-15-10-6-4-8-13(15)21-17-16(25(26)27)18(20-11-19-17)24-14-9-5-3-7-12(14)22-23-24/h3-11H,2H2,1H3,(H,19,20,21). The van der Waals surface area contributed by atoms with Gasteiger partial charge in [0.1, 0.15) is 17.6 Å². The van der Waals surface area contributed by atoms with Crippen LogP contribution < -0.4 is 10.1 Å². The maximum atomic E-state index is 11.9. The molecule has 2 heterocycles. The average Bonchev–Trinajstić information content (AvgIpc) is 3.13. The third-order valence-corrected chi connectivity index (χ3v) is 3.98. The zero-order valence-corrected chi connectivity index (χ0v) is 14.8. The summed E-state index contributed by atoms with van der Waals surface area (Å²) in [4.78, 5) is 19.5. The largest absolute Gasteiger partial charge is 0.492 e. The smallest absolute Gasteiger partial charge is 0.356 e. The molecule has 0 bridgehead atoms. The maximum Gasteiger partial charge on any atom is 0.356 e. The van der Waals surface area contributed by atoms with E-state index in [4.69, 9.17) is 4.74 Å². The molecule has 0 radical (unpaired) electrons. The summed E-state index contributed by atoms with van der Waals surface area (Å²) in [5.74, 6) is 0.609. The molecule has 0 saturated carbocycles. The summed E-state index contributed by atoms with van der Waals surface area (Å²) in [6, 6.07) is 14.3. The number of aromatic nitrogens is 5. The molecule has 10 heteroatoms. The average molecular weight is 377 g/mol. The van der Waals surface area contributed by atoms with Gasteiger partial charge in [-0.1, -0.05) is 29.5 Å². The van der Waals surface area contributed by atoms with Gasteiger partial charge in [0.2, 0.25) is 11.6 Å². The SMILES string of the molecule is CCOc1ccccc1Nc1ncnc(-n2nnc3ccccc32)c1[N+](=O)[O-]. The second-order valence-electron chi connectivity index (χ2n) is 5.70. The zero-order valence-electron chi connectivity index (χ0n) is 14.8. The summed E-state index contributed by atoms with van der Waals surface area (Å²) >= 11 is 0. The van der Waals surface area contributed by atoms with E-state index in [1.807, 2.05) is 19.1 Å². The lowest BCUT2D eigenvalue weighted by molar-refractivity contribution is -0.384. The van der Waals surface area contributed by atoms with Gasteiger partial charge in [-0.3, -0.25) is 10.1 Å². The highest BCUT2D eigenvalue weighted by atomic mass is 16.6. The van der Waals surface area contributed by atoms with Crippen LogP contribution >= 0.6 is 0 Å². The molecule has 0 unspecified atom stereocenters. The van der Waals surface area contributed by atoms with Crippen molar-refractivity contribution in [1.29, 1.82) is 0 Å². The second-order valence-corrected chi connectivity index (χ2v) is 5.70. The Morgan fingerprint density at radius 3 is 2.75 bits per heavy atom. The highest BCUT2D eigenvalue weighted by Gasteiger charge is 2.27. The summed E-state index contributed by atoms with van der Waals surface area (Å²) < 4.78 is 6.89. The van der Waals surface area contributed by atoms with Crippen molar-refractivity contribution in [3.05, 3.63) is 65.0 Å². The maximum absolute atomic E-state index is 11.9. The van der Waals surface area contributed by atoms with E-state index in [0.29, 0.717) is 29.1 Å². The lowest BCUT2D eigenvalue weighted by Crippen LogP contribution is -2.09. The van der Waals surface area contributed by atoms with Crippen molar-refractivity contribution in [3.63, 3.8) is 0 Å². The van der Waals surface area contributed by atoms with Crippen LogP contribution in [0.4, 0.5) is 17.2 Å². The Kier molecular flexibility index (Phi) is 4.50. The summed E-state index contributed by atoms with van der Waals surface area (Å²) in [6.45, 7) is 2.32.